The average molecular weight is 267 g/mol. The molecule has 102 valence electrons. The van der Waals surface area contributed by atoms with Gasteiger partial charge in [0, 0.05) is 30.6 Å². The summed E-state index contributed by atoms with van der Waals surface area (Å²) < 4.78 is 0. The number of likely N-dealkylation sites (N-methyl/N-ethyl adjacent to an activating group) is 1. The summed E-state index contributed by atoms with van der Waals surface area (Å²) in [4.78, 5) is 6.99. The van der Waals surface area contributed by atoms with Gasteiger partial charge in [-0.2, -0.15) is 0 Å². The molecule has 0 aliphatic heterocycles. The quantitative estimate of drug-likeness (QED) is 0.770. The number of rotatable bonds is 7. The van der Waals surface area contributed by atoms with Crippen LogP contribution in [0.2, 0.25) is 0 Å². The highest BCUT2D eigenvalue weighted by atomic mass is 32.1. The van der Waals surface area contributed by atoms with Crippen LogP contribution in [0, 0.1) is 0 Å². The molecule has 18 heavy (non-hydrogen) atoms. The lowest BCUT2D eigenvalue weighted by atomic mass is 10.1. The third kappa shape index (κ3) is 5.76. The Labute approximate surface area is 115 Å². The van der Waals surface area contributed by atoms with Gasteiger partial charge < -0.3 is 5.32 Å². The lowest BCUT2D eigenvalue weighted by Gasteiger charge is -2.19. The zero-order chi connectivity index (χ0) is 13.6. The van der Waals surface area contributed by atoms with Crippen LogP contribution in [0.15, 0.2) is 18.0 Å². The fourth-order valence-electron chi connectivity index (χ4n) is 1.56. The standard InChI is InChI=1S/C14H25N3S/c1-6-8-17(7-2)10-12-11-18-13(16-12)9-15-14(3,4)5/h6,11,15H,1,7-10H2,2-5H3. The molecule has 1 N–H and O–H groups in total. The minimum absolute atomic E-state index is 0.143. The highest BCUT2D eigenvalue weighted by Crippen LogP contribution is 2.13. The lowest BCUT2D eigenvalue weighted by molar-refractivity contribution is 0.308. The van der Waals surface area contributed by atoms with Crippen LogP contribution >= 0.6 is 11.3 Å². The van der Waals surface area contributed by atoms with E-state index in [1.807, 2.05) is 6.08 Å². The minimum atomic E-state index is 0.143. The average Bonchev–Trinajstić information content (AvgIpc) is 2.73. The molecule has 3 nitrogen and oxygen atoms in total. The smallest absolute Gasteiger partial charge is 0.107 e. The topological polar surface area (TPSA) is 28.2 Å². The van der Waals surface area contributed by atoms with Crippen molar-refractivity contribution in [3.63, 3.8) is 0 Å². The van der Waals surface area contributed by atoms with Crippen molar-refractivity contribution in [2.24, 2.45) is 0 Å². The maximum atomic E-state index is 4.66. The van der Waals surface area contributed by atoms with Crippen molar-refractivity contribution in [2.75, 3.05) is 13.1 Å². The van der Waals surface area contributed by atoms with E-state index in [0.717, 1.165) is 36.9 Å². The van der Waals surface area contributed by atoms with Gasteiger partial charge in [0.2, 0.25) is 0 Å². The van der Waals surface area contributed by atoms with Crippen LogP contribution in [-0.2, 0) is 13.1 Å². The summed E-state index contributed by atoms with van der Waals surface area (Å²) in [6.07, 6.45) is 1.94. The van der Waals surface area contributed by atoms with E-state index < -0.39 is 0 Å². The van der Waals surface area contributed by atoms with Gasteiger partial charge in [-0.1, -0.05) is 13.0 Å². The Morgan fingerprint density at radius 1 is 1.50 bits per heavy atom. The Bertz CT molecular complexity index is 365. The summed E-state index contributed by atoms with van der Waals surface area (Å²) >= 11 is 1.73. The summed E-state index contributed by atoms with van der Waals surface area (Å²) in [5, 5.41) is 6.78. The number of nitrogens with one attached hydrogen (secondary N) is 1. The number of thiazole rings is 1. The third-order valence-electron chi connectivity index (χ3n) is 2.59. The van der Waals surface area contributed by atoms with Crippen molar-refractivity contribution in [1.82, 2.24) is 15.2 Å². The van der Waals surface area contributed by atoms with Gasteiger partial charge in [0.25, 0.3) is 0 Å². The highest BCUT2D eigenvalue weighted by molar-refractivity contribution is 7.09. The van der Waals surface area contributed by atoms with Crippen LogP contribution in [0.25, 0.3) is 0 Å². The van der Waals surface area contributed by atoms with Gasteiger partial charge in [0.15, 0.2) is 0 Å². The molecule has 4 heteroatoms. The van der Waals surface area contributed by atoms with Crippen molar-refractivity contribution in [1.29, 1.82) is 0 Å². The first-order valence-electron chi connectivity index (χ1n) is 6.46. The monoisotopic (exact) mass is 267 g/mol. The molecule has 0 spiro atoms. The molecule has 0 saturated carbocycles. The molecular formula is C14H25N3S. The molecule has 1 heterocycles. The lowest BCUT2D eigenvalue weighted by Crippen LogP contribution is -2.35. The molecule has 1 aromatic heterocycles. The number of hydrogen-bond acceptors (Lipinski definition) is 4. The predicted molar refractivity (Wildman–Crippen MR) is 79.9 cm³/mol. The van der Waals surface area contributed by atoms with E-state index in [0.29, 0.717) is 0 Å². The van der Waals surface area contributed by atoms with E-state index in [2.05, 4.69) is 54.9 Å². The normalized spacial score (nSPS) is 12.1. The SMILES string of the molecule is C=CCN(CC)Cc1csc(CNC(C)(C)C)n1. The van der Waals surface area contributed by atoms with Crippen molar-refractivity contribution in [3.05, 3.63) is 28.7 Å². The van der Waals surface area contributed by atoms with Gasteiger partial charge in [-0.15, -0.1) is 17.9 Å². The molecule has 0 fully saturated rings. The van der Waals surface area contributed by atoms with Gasteiger partial charge in [0.1, 0.15) is 5.01 Å². The van der Waals surface area contributed by atoms with Crippen molar-refractivity contribution in [2.45, 2.75) is 46.3 Å². The maximum absolute atomic E-state index is 4.66. The number of nitrogens with zero attached hydrogens (tertiary/aromatic N) is 2. The van der Waals surface area contributed by atoms with Crippen LogP contribution in [0.3, 0.4) is 0 Å². The van der Waals surface area contributed by atoms with Crippen LogP contribution in [-0.4, -0.2) is 28.5 Å². The van der Waals surface area contributed by atoms with Crippen molar-refractivity contribution >= 4 is 11.3 Å². The Balaban J connectivity index is 2.49. The third-order valence-corrected chi connectivity index (χ3v) is 3.49. The van der Waals surface area contributed by atoms with Gasteiger partial charge in [0.05, 0.1) is 5.69 Å². The summed E-state index contributed by atoms with van der Waals surface area (Å²) in [6.45, 7) is 16.2. The second-order valence-electron chi connectivity index (χ2n) is 5.45. The molecule has 0 aromatic carbocycles. The zero-order valence-electron chi connectivity index (χ0n) is 12.0. The highest BCUT2D eigenvalue weighted by Gasteiger charge is 2.11. The Hall–Kier alpha value is -0.710. The molecule has 1 rings (SSSR count). The largest absolute Gasteiger partial charge is 0.306 e. The number of aromatic nitrogens is 1. The van der Waals surface area contributed by atoms with E-state index >= 15 is 0 Å². The zero-order valence-corrected chi connectivity index (χ0v) is 12.8. The summed E-state index contributed by atoms with van der Waals surface area (Å²) in [7, 11) is 0. The Morgan fingerprint density at radius 2 is 2.22 bits per heavy atom. The second kappa shape index (κ2) is 7.02. The fourth-order valence-corrected chi connectivity index (χ4v) is 2.29. The van der Waals surface area contributed by atoms with E-state index in [-0.39, 0.29) is 5.54 Å². The maximum Gasteiger partial charge on any atom is 0.107 e. The van der Waals surface area contributed by atoms with E-state index in [9.17, 15) is 0 Å². The molecule has 1 aromatic rings. The molecule has 0 bridgehead atoms. The van der Waals surface area contributed by atoms with E-state index in [1.165, 1.54) is 0 Å². The van der Waals surface area contributed by atoms with Crippen LogP contribution in [0.1, 0.15) is 38.4 Å². The molecule has 0 saturated heterocycles. The van der Waals surface area contributed by atoms with Gasteiger partial charge in [-0.25, -0.2) is 4.98 Å². The van der Waals surface area contributed by atoms with Gasteiger partial charge in [-0.3, -0.25) is 4.90 Å². The predicted octanol–water partition coefficient (Wildman–Crippen LogP) is 3.04. The van der Waals surface area contributed by atoms with Crippen LogP contribution in [0.4, 0.5) is 0 Å². The Kier molecular flexibility index (Phi) is 5.99. The van der Waals surface area contributed by atoms with Crippen molar-refractivity contribution in [3.8, 4) is 0 Å². The Morgan fingerprint density at radius 3 is 2.78 bits per heavy atom. The van der Waals surface area contributed by atoms with Gasteiger partial charge in [-0.05, 0) is 27.3 Å². The molecule has 0 aliphatic rings. The molecular weight excluding hydrogens is 242 g/mol. The van der Waals surface area contributed by atoms with Crippen molar-refractivity contribution < 1.29 is 0 Å². The first kappa shape index (κ1) is 15.3. The summed E-state index contributed by atoms with van der Waals surface area (Å²) in [5.41, 5.74) is 1.30. The van der Waals surface area contributed by atoms with Crippen LogP contribution in [0.5, 0.6) is 0 Å². The molecule has 0 unspecified atom stereocenters. The molecule has 0 radical (unpaired) electrons. The van der Waals surface area contributed by atoms with Gasteiger partial charge >= 0.3 is 0 Å². The molecule has 0 amide bonds. The second-order valence-corrected chi connectivity index (χ2v) is 6.40. The van der Waals surface area contributed by atoms with Crippen LogP contribution < -0.4 is 5.32 Å². The first-order chi connectivity index (χ1) is 8.44. The fraction of sp³-hybridized carbons (Fsp3) is 0.643. The first-order valence-corrected chi connectivity index (χ1v) is 7.34. The number of hydrogen-bond donors (Lipinski definition) is 1. The summed E-state index contributed by atoms with van der Waals surface area (Å²) in [6, 6.07) is 0. The summed E-state index contributed by atoms with van der Waals surface area (Å²) in [5.74, 6) is 0. The molecule has 0 atom stereocenters. The van der Waals surface area contributed by atoms with E-state index in [4.69, 9.17) is 0 Å². The molecule has 0 aliphatic carbocycles. The van der Waals surface area contributed by atoms with E-state index in [1.54, 1.807) is 11.3 Å². The minimum Gasteiger partial charge on any atom is -0.306 e.